The Kier molecular flexibility index (Phi) is 10.2. The molecule has 0 aliphatic carbocycles. The van der Waals surface area contributed by atoms with Gasteiger partial charge in [-0.2, -0.15) is 0 Å². The van der Waals surface area contributed by atoms with Crippen LogP contribution in [-0.4, -0.2) is 0 Å². The van der Waals surface area contributed by atoms with E-state index in [1.807, 2.05) is 0 Å². The molecule has 26 heavy (non-hydrogen) atoms. The summed E-state index contributed by atoms with van der Waals surface area (Å²) in [4.78, 5) is 0. The van der Waals surface area contributed by atoms with Gasteiger partial charge in [0.2, 0.25) is 0 Å². The van der Waals surface area contributed by atoms with Crippen LogP contribution in [0.1, 0.15) is 89.2 Å². The predicted molar refractivity (Wildman–Crippen MR) is 117 cm³/mol. The summed E-state index contributed by atoms with van der Waals surface area (Å²) in [7, 11) is 0. The fourth-order valence-electron chi connectivity index (χ4n) is 3.59. The van der Waals surface area contributed by atoms with Gasteiger partial charge in [-0.05, 0) is 47.9 Å². The van der Waals surface area contributed by atoms with E-state index in [9.17, 15) is 0 Å². The van der Waals surface area contributed by atoms with Crippen LogP contribution in [0.3, 0.4) is 0 Å². The molecule has 0 amide bonds. The maximum absolute atomic E-state index is 2.32. The summed E-state index contributed by atoms with van der Waals surface area (Å²) in [5, 5.41) is 0. The van der Waals surface area contributed by atoms with Gasteiger partial charge in [-0.1, -0.05) is 114 Å². The van der Waals surface area contributed by atoms with Crippen LogP contribution in [0.2, 0.25) is 0 Å². The molecule has 2 rings (SSSR count). The smallest absolute Gasteiger partial charge is 0.0184 e. The Morgan fingerprint density at radius 2 is 0.769 bits per heavy atom. The molecule has 0 heterocycles. The molecule has 2 aromatic rings. The van der Waals surface area contributed by atoms with E-state index < -0.39 is 0 Å². The lowest BCUT2D eigenvalue weighted by molar-refractivity contribution is 0.607. The van der Waals surface area contributed by atoms with Crippen molar-refractivity contribution in [2.75, 3.05) is 0 Å². The SMILES string of the molecule is CCCCCCCCc1ccc(-c2ccc(CCCCCC)cc2)cc1. The first-order valence-corrected chi connectivity index (χ1v) is 11.0. The molecule has 0 saturated carbocycles. The van der Waals surface area contributed by atoms with Crippen molar-refractivity contribution in [2.24, 2.45) is 0 Å². The first-order valence-electron chi connectivity index (χ1n) is 11.0. The van der Waals surface area contributed by atoms with Crippen LogP contribution < -0.4 is 0 Å². The topological polar surface area (TPSA) is 0 Å². The predicted octanol–water partition coefficient (Wildman–Crippen LogP) is 8.38. The highest BCUT2D eigenvalue weighted by Gasteiger charge is 2.00. The monoisotopic (exact) mass is 350 g/mol. The van der Waals surface area contributed by atoms with E-state index in [-0.39, 0.29) is 0 Å². The Hall–Kier alpha value is -1.56. The zero-order chi connectivity index (χ0) is 18.5. The normalized spacial score (nSPS) is 11.0. The second-order valence-electron chi connectivity index (χ2n) is 7.72. The summed E-state index contributed by atoms with van der Waals surface area (Å²) in [6.45, 7) is 4.55. The largest absolute Gasteiger partial charge is 0.0654 e. The summed E-state index contributed by atoms with van der Waals surface area (Å²) < 4.78 is 0. The van der Waals surface area contributed by atoms with Gasteiger partial charge < -0.3 is 0 Å². The zero-order valence-electron chi connectivity index (χ0n) is 17.1. The van der Waals surface area contributed by atoms with Crippen LogP contribution >= 0.6 is 0 Å². The van der Waals surface area contributed by atoms with E-state index in [0.29, 0.717) is 0 Å². The Morgan fingerprint density at radius 1 is 0.423 bits per heavy atom. The van der Waals surface area contributed by atoms with E-state index in [2.05, 4.69) is 62.4 Å². The Balaban J connectivity index is 1.76. The van der Waals surface area contributed by atoms with Crippen LogP contribution in [-0.2, 0) is 12.8 Å². The first-order chi connectivity index (χ1) is 12.8. The van der Waals surface area contributed by atoms with Gasteiger partial charge in [0.25, 0.3) is 0 Å². The number of unbranched alkanes of at least 4 members (excludes halogenated alkanes) is 8. The Morgan fingerprint density at radius 3 is 1.19 bits per heavy atom. The standard InChI is InChI=1S/C26H38/c1-3-5-7-9-10-12-14-24-17-21-26(22-18-24)25-19-15-23(16-20-25)13-11-8-6-4-2/h15-22H,3-14H2,1-2H3. The molecule has 0 spiro atoms. The summed E-state index contributed by atoms with van der Waals surface area (Å²) >= 11 is 0. The molecule has 2 aromatic carbocycles. The minimum atomic E-state index is 1.22. The molecule has 0 aliphatic heterocycles. The van der Waals surface area contributed by atoms with Crippen molar-refractivity contribution in [3.05, 3.63) is 59.7 Å². The number of aryl methyl sites for hydroxylation is 2. The molecule has 0 fully saturated rings. The van der Waals surface area contributed by atoms with E-state index in [1.54, 1.807) is 0 Å². The summed E-state index contributed by atoms with van der Waals surface area (Å²) in [6, 6.07) is 18.4. The second-order valence-corrected chi connectivity index (χ2v) is 7.72. The average Bonchev–Trinajstić information content (AvgIpc) is 2.69. The number of hydrogen-bond donors (Lipinski definition) is 0. The van der Waals surface area contributed by atoms with E-state index in [1.165, 1.54) is 99.3 Å². The molecule has 0 nitrogen and oxygen atoms in total. The van der Waals surface area contributed by atoms with Gasteiger partial charge in [0.1, 0.15) is 0 Å². The van der Waals surface area contributed by atoms with Crippen LogP contribution in [0.15, 0.2) is 48.5 Å². The van der Waals surface area contributed by atoms with Crippen LogP contribution in [0.25, 0.3) is 11.1 Å². The highest BCUT2D eigenvalue weighted by Crippen LogP contribution is 2.22. The third-order valence-corrected chi connectivity index (χ3v) is 5.38. The average molecular weight is 351 g/mol. The summed E-state index contributed by atoms with van der Waals surface area (Å²) in [5.41, 5.74) is 5.64. The number of rotatable bonds is 13. The third-order valence-electron chi connectivity index (χ3n) is 5.38. The molecule has 0 atom stereocenters. The van der Waals surface area contributed by atoms with Crippen molar-refractivity contribution in [1.82, 2.24) is 0 Å². The zero-order valence-corrected chi connectivity index (χ0v) is 17.1. The van der Waals surface area contributed by atoms with Gasteiger partial charge >= 0.3 is 0 Å². The fourth-order valence-corrected chi connectivity index (χ4v) is 3.59. The molecule has 0 heteroatoms. The van der Waals surface area contributed by atoms with Crippen LogP contribution in [0.5, 0.6) is 0 Å². The maximum atomic E-state index is 2.32. The lowest BCUT2D eigenvalue weighted by atomic mass is 9.99. The van der Waals surface area contributed by atoms with Crippen molar-refractivity contribution >= 4 is 0 Å². The molecule has 0 radical (unpaired) electrons. The first kappa shape index (κ1) is 20.7. The molecule has 0 bridgehead atoms. The lowest BCUT2D eigenvalue weighted by Crippen LogP contribution is -1.88. The van der Waals surface area contributed by atoms with E-state index >= 15 is 0 Å². The Bertz CT molecular complexity index is 576. The van der Waals surface area contributed by atoms with Gasteiger partial charge in [0.15, 0.2) is 0 Å². The molecule has 142 valence electrons. The molecule has 0 unspecified atom stereocenters. The second kappa shape index (κ2) is 12.7. The highest BCUT2D eigenvalue weighted by molar-refractivity contribution is 5.63. The molecule has 0 aliphatic rings. The van der Waals surface area contributed by atoms with Crippen molar-refractivity contribution in [2.45, 2.75) is 90.9 Å². The van der Waals surface area contributed by atoms with Gasteiger partial charge in [0.05, 0.1) is 0 Å². The molecule has 0 N–H and O–H groups in total. The van der Waals surface area contributed by atoms with Gasteiger partial charge in [-0.3, -0.25) is 0 Å². The van der Waals surface area contributed by atoms with Crippen LogP contribution in [0, 0.1) is 0 Å². The summed E-state index contributed by atoms with van der Waals surface area (Å²) in [6.07, 6.45) is 16.0. The number of benzene rings is 2. The quantitative estimate of drug-likeness (QED) is 0.318. The molecule has 0 saturated heterocycles. The van der Waals surface area contributed by atoms with Crippen molar-refractivity contribution in [3.63, 3.8) is 0 Å². The van der Waals surface area contributed by atoms with Crippen molar-refractivity contribution in [3.8, 4) is 11.1 Å². The molecule has 0 aromatic heterocycles. The van der Waals surface area contributed by atoms with Crippen LogP contribution in [0.4, 0.5) is 0 Å². The Labute approximate surface area is 162 Å². The van der Waals surface area contributed by atoms with Gasteiger partial charge in [0, 0.05) is 0 Å². The third kappa shape index (κ3) is 7.77. The van der Waals surface area contributed by atoms with Gasteiger partial charge in [-0.25, -0.2) is 0 Å². The van der Waals surface area contributed by atoms with Gasteiger partial charge in [-0.15, -0.1) is 0 Å². The minimum Gasteiger partial charge on any atom is -0.0654 e. The van der Waals surface area contributed by atoms with E-state index in [4.69, 9.17) is 0 Å². The minimum absolute atomic E-state index is 1.22. The van der Waals surface area contributed by atoms with E-state index in [0.717, 1.165) is 0 Å². The lowest BCUT2D eigenvalue weighted by Gasteiger charge is -2.07. The molecular formula is C26H38. The summed E-state index contributed by atoms with van der Waals surface area (Å²) in [5.74, 6) is 0. The van der Waals surface area contributed by atoms with Crippen molar-refractivity contribution in [1.29, 1.82) is 0 Å². The number of hydrogen-bond acceptors (Lipinski definition) is 0. The fraction of sp³-hybridized carbons (Fsp3) is 0.538. The highest BCUT2D eigenvalue weighted by atomic mass is 14.1. The van der Waals surface area contributed by atoms with Crippen molar-refractivity contribution < 1.29 is 0 Å². The maximum Gasteiger partial charge on any atom is -0.0184 e. The molecular weight excluding hydrogens is 312 g/mol.